The summed E-state index contributed by atoms with van der Waals surface area (Å²) in [7, 11) is 2.07. The van der Waals surface area contributed by atoms with E-state index in [-0.39, 0.29) is 17.8 Å². The van der Waals surface area contributed by atoms with Gasteiger partial charge < -0.3 is 15.1 Å². The number of halogens is 3. The molecular formula is C24H25F3N4O. The maximum Gasteiger partial charge on any atom is 0.416 e. The predicted molar refractivity (Wildman–Crippen MR) is 120 cm³/mol. The fourth-order valence-corrected chi connectivity index (χ4v) is 3.86. The third-order valence-corrected chi connectivity index (χ3v) is 5.80. The number of benzene rings is 2. The fourth-order valence-electron chi connectivity index (χ4n) is 3.86. The quantitative estimate of drug-likeness (QED) is 0.574. The van der Waals surface area contributed by atoms with Crippen LogP contribution in [0.3, 0.4) is 0 Å². The van der Waals surface area contributed by atoms with E-state index in [4.69, 9.17) is 0 Å². The molecule has 0 radical (unpaired) electrons. The summed E-state index contributed by atoms with van der Waals surface area (Å²) in [4.78, 5) is 20.4. The van der Waals surface area contributed by atoms with Gasteiger partial charge in [0.15, 0.2) is 5.78 Å². The molecule has 1 aliphatic heterocycles. The number of anilines is 2. The number of nitrogens with one attached hydrogen (secondary N) is 1. The number of fused-ring (bicyclic) bond motifs is 1. The van der Waals surface area contributed by atoms with Gasteiger partial charge in [0, 0.05) is 49.4 Å². The van der Waals surface area contributed by atoms with E-state index in [9.17, 15) is 18.0 Å². The summed E-state index contributed by atoms with van der Waals surface area (Å²) in [5, 5.41) is 3.78. The van der Waals surface area contributed by atoms with Crippen LogP contribution in [-0.2, 0) is 12.7 Å². The van der Waals surface area contributed by atoms with E-state index in [0.717, 1.165) is 49.6 Å². The third kappa shape index (κ3) is 4.85. The standard InChI is InChI=1S/C24H25F3N4O/c1-16(32)18-5-3-4-17(10-18)14-28-22-11-19(24(25,26)27)12-23-21(22)13-20(15-29-23)31-8-6-30(2)7-9-31/h3-5,10-13,15,28H,6-9,14H2,1-2H3. The van der Waals surface area contributed by atoms with E-state index in [1.165, 1.54) is 6.92 Å². The zero-order valence-corrected chi connectivity index (χ0v) is 18.0. The molecule has 1 N–H and O–H groups in total. The van der Waals surface area contributed by atoms with Crippen LogP contribution in [0, 0.1) is 0 Å². The van der Waals surface area contributed by atoms with Crippen LogP contribution in [0.15, 0.2) is 48.7 Å². The Hall–Kier alpha value is -3.13. The van der Waals surface area contributed by atoms with Crippen LogP contribution in [0.2, 0.25) is 0 Å². The maximum atomic E-state index is 13.5. The third-order valence-electron chi connectivity index (χ3n) is 5.80. The molecule has 168 valence electrons. The van der Waals surface area contributed by atoms with Gasteiger partial charge in [-0.05, 0) is 43.8 Å². The van der Waals surface area contributed by atoms with Gasteiger partial charge in [-0.1, -0.05) is 18.2 Å². The number of hydrogen-bond donors (Lipinski definition) is 1. The van der Waals surface area contributed by atoms with Gasteiger partial charge in [-0.2, -0.15) is 13.2 Å². The van der Waals surface area contributed by atoms with Crippen molar-refractivity contribution in [3.63, 3.8) is 0 Å². The Bertz CT molecular complexity index is 1140. The number of piperazine rings is 1. The molecule has 0 amide bonds. The van der Waals surface area contributed by atoms with Crippen molar-refractivity contribution in [2.75, 3.05) is 43.4 Å². The largest absolute Gasteiger partial charge is 0.416 e. The van der Waals surface area contributed by atoms with Crippen LogP contribution in [0.1, 0.15) is 28.4 Å². The van der Waals surface area contributed by atoms with E-state index < -0.39 is 11.7 Å². The van der Waals surface area contributed by atoms with Crippen molar-refractivity contribution in [2.45, 2.75) is 19.6 Å². The van der Waals surface area contributed by atoms with Gasteiger partial charge in [-0.3, -0.25) is 9.78 Å². The molecule has 0 aliphatic carbocycles. The van der Waals surface area contributed by atoms with E-state index in [1.54, 1.807) is 24.4 Å². The first-order valence-corrected chi connectivity index (χ1v) is 10.5. The van der Waals surface area contributed by atoms with Crippen LogP contribution < -0.4 is 10.2 Å². The zero-order chi connectivity index (χ0) is 22.9. The molecule has 3 aromatic rings. The lowest BCUT2D eigenvalue weighted by Gasteiger charge is -2.34. The summed E-state index contributed by atoms with van der Waals surface area (Å²) in [6, 6.07) is 11.2. The molecule has 2 aromatic carbocycles. The molecule has 4 rings (SSSR count). The molecule has 8 heteroatoms. The Labute approximate surface area is 184 Å². The average Bonchev–Trinajstić information content (AvgIpc) is 2.77. The smallest absolute Gasteiger partial charge is 0.380 e. The molecule has 0 saturated carbocycles. The van der Waals surface area contributed by atoms with Crippen LogP contribution in [-0.4, -0.2) is 48.9 Å². The van der Waals surface area contributed by atoms with Crippen LogP contribution in [0.4, 0.5) is 24.5 Å². The lowest BCUT2D eigenvalue weighted by atomic mass is 10.1. The van der Waals surface area contributed by atoms with E-state index >= 15 is 0 Å². The van der Waals surface area contributed by atoms with Crippen LogP contribution in [0.5, 0.6) is 0 Å². The molecule has 0 atom stereocenters. The SMILES string of the molecule is CC(=O)c1cccc(CNc2cc(C(F)(F)F)cc3ncc(N4CCN(C)CC4)cc23)c1. The Balaban J connectivity index is 1.69. The van der Waals surface area contributed by atoms with Crippen molar-refractivity contribution in [3.05, 3.63) is 65.4 Å². The number of pyridine rings is 1. The van der Waals surface area contributed by atoms with Crippen molar-refractivity contribution in [1.82, 2.24) is 9.88 Å². The van der Waals surface area contributed by atoms with Gasteiger partial charge in [0.2, 0.25) is 0 Å². The fraction of sp³-hybridized carbons (Fsp3) is 0.333. The molecule has 5 nitrogen and oxygen atoms in total. The zero-order valence-electron chi connectivity index (χ0n) is 18.0. The molecule has 1 fully saturated rings. The molecule has 1 saturated heterocycles. The molecule has 32 heavy (non-hydrogen) atoms. The van der Waals surface area contributed by atoms with Crippen LogP contribution in [0.25, 0.3) is 10.9 Å². The Morgan fingerprint density at radius 2 is 1.84 bits per heavy atom. The monoisotopic (exact) mass is 442 g/mol. The molecule has 2 heterocycles. The van der Waals surface area contributed by atoms with Crippen molar-refractivity contribution in [1.29, 1.82) is 0 Å². The molecule has 0 spiro atoms. The summed E-state index contributed by atoms with van der Waals surface area (Å²) in [6.07, 6.45) is -2.83. The number of aromatic nitrogens is 1. The van der Waals surface area contributed by atoms with Gasteiger partial charge in [0.25, 0.3) is 0 Å². The number of nitrogens with zero attached hydrogens (tertiary/aromatic N) is 3. The van der Waals surface area contributed by atoms with E-state index in [1.807, 2.05) is 12.1 Å². The Morgan fingerprint density at radius 3 is 2.53 bits per heavy atom. The lowest BCUT2D eigenvalue weighted by Crippen LogP contribution is -2.44. The molecule has 1 aromatic heterocycles. The number of carbonyl (C=O) groups excluding carboxylic acids is 1. The summed E-state index contributed by atoms with van der Waals surface area (Å²) in [6.45, 7) is 5.29. The number of rotatable bonds is 5. The van der Waals surface area contributed by atoms with Gasteiger partial charge in [-0.25, -0.2) is 0 Å². The predicted octanol–water partition coefficient (Wildman–Crippen LogP) is 4.82. The highest BCUT2D eigenvalue weighted by molar-refractivity contribution is 5.95. The minimum absolute atomic E-state index is 0.0580. The molecular weight excluding hydrogens is 417 g/mol. The topological polar surface area (TPSA) is 48.5 Å². The highest BCUT2D eigenvalue weighted by Crippen LogP contribution is 2.36. The highest BCUT2D eigenvalue weighted by Gasteiger charge is 2.31. The van der Waals surface area contributed by atoms with Gasteiger partial charge in [0.1, 0.15) is 0 Å². The van der Waals surface area contributed by atoms with E-state index in [0.29, 0.717) is 16.6 Å². The Kier molecular flexibility index (Phi) is 6.06. The highest BCUT2D eigenvalue weighted by atomic mass is 19.4. The number of carbonyl (C=O) groups is 1. The minimum Gasteiger partial charge on any atom is -0.380 e. The molecule has 1 aliphatic rings. The number of likely N-dealkylation sites (N-methyl/N-ethyl adjacent to an activating group) is 1. The van der Waals surface area contributed by atoms with Crippen molar-refractivity contribution >= 4 is 28.1 Å². The second-order valence-corrected chi connectivity index (χ2v) is 8.18. The first-order valence-electron chi connectivity index (χ1n) is 10.5. The summed E-state index contributed by atoms with van der Waals surface area (Å²) in [5.74, 6) is -0.0580. The van der Waals surface area contributed by atoms with Crippen LogP contribution >= 0.6 is 0 Å². The molecule has 0 unspecified atom stereocenters. The van der Waals surface area contributed by atoms with Gasteiger partial charge >= 0.3 is 6.18 Å². The number of Topliss-reactive ketones (excluding diaryl/α,β-unsaturated/α-hetero) is 1. The average molecular weight is 442 g/mol. The van der Waals surface area contributed by atoms with E-state index in [2.05, 4.69) is 27.1 Å². The summed E-state index contributed by atoms with van der Waals surface area (Å²) >= 11 is 0. The molecule has 0 bridgehead atoms. The number of alkyl halides is 3. The number of hydrogen-bond acceptors (Lipinski definition) is 5. The summed E-state index contributed by atoms with van der Waals surface area (Å²) in [5.41, 5.74) is 2.18. The Morgan fingerprint density at radius 1 is 1.09 bits per heavy atom. The van der Waals surface area contributed by atoms with Crippen molar-refractivity contribution in [3.8, 4) is 0 Å². The first-order chi connectivity index (χ1) is 15.2. The second-order valence-electron chi connectivity index (χ2n) is 8.18. The first kappa shape index (κ1) is 22.1. The summed E-state index contributed by atoms with van der Waals surface area (Å²) < 4.78 is 40.5. The number of ketones is 1. The second kappa shape index (κ2) is 8.78. The van der Waals surface area contributed by atoms with Crippen molar-refractivity contribution < 1.29 is 18.0 Å². The van der Waals surface area contributed by atoms with Gasteiger partial charge in [-0.15, -0.1) is 0 Å². The van der Waals surface area contributed by atoms with Gasteiger partial charge in [0.05, 0.1) is 23.0 Å². The van der Waals surface area contributed by atoms with Crippen molar-refractivity contribution in [2.24, 2.45) is 0 Å². The minimum atomic E-state index is -4.48. The normalized spacial score (nSPS) is 15.2. The maximum absolute atomic E-state index is 13.5. The lowest BCUT2D eigenvalue weighted by molar-refractivity contribution is -0.137.